The number of hydrogen-bond acceptors (Lipinski definition) is 2. The van der Waals surface area contributed by atoms with Crippen LogP contribution in [0.1, 0.15) is 27.8 Å². The standard InChI is InChI=1S/C19H19F3O3/c1-11-7-12(2)13(3)16(8-11)25-17(18(23)24)10-14-5-4-6-15(9-14)19(20,21)22/h4-9,17H,10H2,1-3H3,(H,23,24)/t17-/m0/s1. The van der Waals surface area contributed by atoms with Crippen LogP contribution in [0.5, 0.6) is 5.75 Å². The summed E-state index contributed by atoms with van der Waals surface area (Å²) in [5.74, 6) is -0.798. The van der Waals surface area contributed by atoms with Crippen molar-refractivity contribution in [3.8, 4) is 5.75 Å². The van der Waals surface area contributed by atoms with Gasteiger partial charge in [-0.3, -0.25) is 0 Å². The van der Waals surface area contributed by atoms with Crippen LogP contribution < -0.4 is 4.74 Å². The molecular formula is C19H19F3O3. The first kappa shape index (κ1) is 18.8. The molecule has 0 bridgehead atoms. The van der Waals surface area contributed by atoms with E-state index in [2.05, 4.69) is 0 Å². The number of halogens is 3. The topological polar surface area (TPSA) is 46.5 Å². The molecule has 0 saturated carbocycles. The maximum atomic E-state index is 12.8. The molecule has 0 aliphatic rings. The smallest absolute Gasteiger partial charge is 0.416 e. The van der Waals surface area contributed by atoms with Crippen molar-refractivity contribution in [2.45, 2.75) is 39.5 Å². The van der Waals surface area contributed by atoms with E-state index in [1.54, 1.807) is 6.07 Å². The number of benzene rings is 2. The van der Waals surface area contributed by atoms with Crippen LogP contribution in [0.4, 0.5) is 13.2 Å². The first-order valence-corrected chi connectivity index (χ1v) is 7.71. The predicted molar refractivity (Wildman–Crippen MR) is 87.9 cm³/mol. The number of aliphatic carboxylic acids is 1. The van der Waals surface area contributed by atoms with Crippen LogP contribution in [0.25, 0.3) is 0 Å². The molecule has 134 valence electrons. The molecule has 6 heteroatoms. The molecule has 0 aromatic heterocycles. The number of ether oxygens (including phenoxy) is 1. The Morgan fingerprint density at radius 1 is 1.16 bits per heavy atom. The third kappa shape index (κ3) is 4.75. The Bertz CT molecular complexity index is 782. The molecule has 1 N–H and O–H groups in total. The van der Waals surface area contributed by atoms with Gasteiger partial charge in [-0.25, -0.2) is 4.79 Å². The van der Waals surface area contributed by atoms with Crippen LogP contribution in [-0.2, 0) is 17.4 Å². The van der Waals surface area contributed by atoms with E-state index >= 15 is 0 Å². The summed E-state index contributed by atoms with van der Waals surface area (Å²) in [6.07, 6.45) is -5.91. The first-order chi connectivity index (χ1) is 11.6. The fourth-order valence-electron chi connectivity index (χ4n) is 2.54. The van der Waals surface area contributed by atoms with E-state index in [-0.39, 0.29) is 12.0 Å². The van der Waals surface area contributed by atoms with Gasteiger partial charge in [-0.15, -0.1) is 0 Å². The van der Waals surface area contributed by atoms with Gasteiger partial charge in [0, 0.05) is 6.42 Å². The van der Waals surface area contributed by atoms with Crippen molar-refractivity contribution < 1.29 is 27.8 Å². The van der Waals surface area contributed by atoms with E-state index in [4.69, 9.17) is 4.74 Å². The lowest BCUT2D eigenvalue weighted by Gasteiger charge is -2.19. The van der Waals surface area contributed by atoms with E-state index in [1.165, 1.54) is 12.1 Å². The Morgan fingerprint density at radius 2 is 1.84 bits per heavy atom. The molecule has 0 heterocycles. The number of rotatable bonds is 5. The second-order valence-electron chi connectivity index (χ2n) is 6.05. The molecule has 0 spiro atoms. The Hall–Kier alpha value is -2.50. The molecule has 0 radical (unpaired) electrons. The van der Waals surface area contributed by atoms with Crippen molar-refractivity contribution in [2.75, 3.05) is 0 Å². The lowest BCUT2D eigenvalue weighted by atomic mass is 10.0. The summed E-state index contributed by atoms with van der Waals surface area (Å²) in [6, 6.07) is 8.30. The summed E-state index contributed by atoms with van der Waals surface area (Å²) in [6.45, 7) is 5.56. The predicted octanol–water partition coefficient (Wildman–Crippen LogP) is 4.71. The number of carbonyl (C=O) groups is 1. The third-order valence-electron chi connectivity index (χ3n) is 3.98. The Balaban J connectivity index is 2.27. The molecular weight excluding hydrogens is 333 g/mol. The zero-order valence-corrected chi connectivity index (χ0v) is 14.1. The summed E-state index contributed by atoms with van der Waals surface area (Å²) < 4.78 is 44.0. The molecule has 0 amide bonds. The van der Waals surface area contributed by atoms with Crippen LogP contribution in [0.15, 0.2) is 36.4 Å². The summed E-state index contributed by atoms with van der Waals surface area (Å²) in [5, 5.41) is 9.41. The summed E-state index contributed by atoms with van der Waals surface area (Å²) in [4.78, 5) is 11.5. The van der Waals surface area contributed by atoms with E-state index in [9.17, 15) is 23.1 Å². The highest BCUT2D eigenvalue weighted by atomic mass is 19.4. The quantitative estimate of drug-likeness (QED) is 0.848. The molecule has 0 fully saturated rings. The number of carboxylic acid groups (broad SMARTS) is 1. The third-order valence-corrected chi connectivity index (χ3v) is 3.98. The van der Waals surface area contributed by atoms with Crippen LogP contribution in [0, 0.1) is 20.8 Å². The Labute approximate surface area is 144 Å². The van der Waals surface area contributed by atoms with Gasteiger partial charge in [-0.1, -0.05) is 24.3 Å². The summed E-state index contributed by atoms with van der Waals surface area (Å²) in [7, 11) is 0. The van der Waals surface area contributed by atoms with Crippen molar-refractivity contribution >= 4 is 5.97 Å². The second-order valence-corrected chi connectivity index (χ2v) is 6.05. The first-order valence-electron chi connectivity index (χ1n) is 7.71. The monoisotopic (exact) mass is 352 g/mol. The van der Waals surface area contributed by atoms with Gasteiger partial charge in [0.05, 0.1) is 5.56 Å². The molecule has 2 aromatic rings. The van der Waals surface area contributed by atoms with Gasteiger partial charge < -0.3 is 9.84 Å². The van der Waals surface area contributed by atoms with Gasteiger partial charge in [0.15, 0.2) is 6.10 Å². The number of alkyl halides is 3. The maximum Gasteiger partial charge on any atom is 0.416 e. The highest BCUT2D eigenvalue weighted by Crippen LogP contribution is 2.30. The van der Waals surface area contributed by atoms with E-state index < -0.39 is 23.8 Å². The second kappa shape index (κ2) is 7.17. The number of aryl methyl sites for hydroxylation is 2. The minimum Gasteiger partial charge on any atom is -0.478 e. The molecule has 1 atom stereocenters. The van der Waals surface area contributed by atoms with Crippen molar-refractivity contribution in [1.82, 2.24) is 0 Å². The molecule has 3 nitrogen and oxygen atoms in total. The number of hydrogen-bond donors (Lipinski definition) is 1. The minimum atomic E-state index is -4.47. The van der Waals surface area contributed by atoms with Gasteiger partial charge in [-0.2, -0.15) is 13.2 Å². The molecule has 0 saturated heterocycles. The molecule has 2 aromatic carbocycles. The highest BCUT2D eigenvalue weighted by molar-refractivity contribution is 5.73. The van der Waals surface area contributed by atoms with Gasteiger partial charge in [-0.05, 0) is 55.2 Å². The van der Waals surface area contributed by atoms with Crippen LogP contribution in [-0.4, -0.2) is 17.2 Å². The highest BCUT2D eigenvalue weighted by Gasteiger charge is 2.31. The van der Waals surface area contributed by atoms with Crippen molar-refractivity contribution in [2.24, 2.45) is 0 Å². The van der Waals surface area contributed by atoms with Gasteiger partial charge in [0.25, 0.3) is 0 Å². The Morgan fingerprint density at radius 3 is 2.44 bits per heavy atom. The zero-order chi connectivity index (χ0) is 18.8. The summed E-state index contributed by atoms with van der Waals surface area (Å²) in [5.41, 5.74) is 2.13. The molecule has 25 heavy (non-hydrogen) atoms. The fourth-order valence-corrected chi connectivity index (χ4v) is 2.54. The normalized spacial score (nSPS) is 12.7. The average Bonchev–Trinajstić information content (AvgIpc) is 2.50. The van der Waals surface area contributed by atoms with E-state index in [1.807, 2.05) is 26.8 Å². The molecule has 2 rings (SSSR count). The summed E-state index contributed by atoms with van der Waals surface area (Å²) >= 11 is 0. The average molecular weight is 352 g/mol. The van der Waals surface area contributed by atoms with Crippen LogP contribution in [0.3, 0.4) is 0 Å². The van der Waals surface area contributed by atoms with Gasteiger partial charge in [0.2, 0.25) is 0 Å². The zero-order valence-electron chi connectivity index (χ0n) is 14.1. The van der Waals surface area contributed by atoms with Crippen LogP contribution >= 0.6 is 0 Å². The van der Waals surface area contributed by atoms with Gasteiger partial charge >= 0.3 is 12.1 Å². The fraction of sp³-hybridized carbons (Fsp3) is 0.316. The Kier molecular flexibility index (Phi) is 5.40. The van der Waals surface area contributed by atoms with E-state index in [0.717, 1.165) is 28.8 Å². The van der Waals surface area contributed by atoms with Crippen molar-refractivity contribution in [1.29, 1.82) is 0 Å². The van der Waals surface area contributed by atoms with Crippen molar-refractivity contribution in [3.05, 3.63) is 64.2 Å². The number of carboxylic acids is 1. The lowest BCUT2D eigenvalue weighted by Crippen LogP contribution is -2.30. The SMILES string of the molecule is Cc1cc(C)c(C)c(O[C@@H](Cc2cccc(C(F)(F)F)c2)C(=O)O)c1. The molecule has 0 unspecified atom stereocenters. The molecule has 0 aliphatic heterocycles. The van der Waals surface area contributed by atoms with Gasteiger partial charge in [0.1, 0.15) is 5.75 Å². The van der Waals surface area contributed by atoms with E-state index in [0.29, 0.717) is 5.75 Å². The van der Waals surface area contributed by atoms with Crippen molar-refractivity contribution in [3.63, 3.8) is 0 Å². The van der Waals surface area contributed by atoms with Crippen LogP contribution in [0.2, 0.25) is 0 Å². The maximum absolute atomic E-state index is 12.8. The lowest BCUT2D eigenvalue weighted by molar-refractivity contribution is -0.145. The minimum absolute atomic E-state index is 0.161. The largest absolute Gasteiger partial charge is 0.478 e. The molecule has 0 aliphatic carbocycles.